The number of nitro groups is 1. The van der Waals surface area contributed by atoms with Crippen molar-refractivity contribution in [3.05, 3.63) is 94.7 Å². The van der Waals surface area contributed by atoms with Crippen LogP contribution < -0.4 is 10.1 Å². The van der Waals surface area contributed by atoms with Crippen molar-refractivity contribution in [3.8, 4) is 27.6 Å². The summed E-state index contributed by atoms with van der Waals surface area (Å²) in [4.78, 5) is 28.1. The van der Waals surface area contributed by atoms with Crippen molar-refractivity contribution in [2.75, 3.05) is 12.4 Å². The van der Waals surface area contributed by atoms with Gasteiger partial charge in [-0.1, -0.05) is 24.3 Å². The van der Waals surface area contributed by atoms with Crippen LogP contribution in [0.25, 0.3) is 32.1 Å². The first kappa shape index (κ1) is 21.4. The Balaban J connectivity index is 1.42. The smallest absolute Gasteiger partial charge is 0.291 e. The molecule has 0 saturated carbocycles. The number of amides is 1. The predicted molar refractivity (Wildman–Crippen MR) is 130 cm³/mol. The number of carbonyl (C=O) groups is 1. The Morgan fingerprint density at radius 1 is 1.03 bits per heavy atom. The van der Waals surface area contributed by atoms with Crippen molar-refractivity contribution in [2.45, 2.75) is 0 Å². The lowest BCUT2D eigenvalue weighted by Gasteiger charge is -2.10. The number of furan rings is 1. The van der Waals surface area contributed by atoms with Gasteiger partial charge in [0.05, 0.1) is 27.9 Å². The quantitative estimate of drug-likeness (QED) is 0.227. The summed E-state index contributed by atoms with van der Waals surface area (Å²) in [6, 6.07) is 22.5. The van der Waals surface area contributed by atoms with Gasteiger partial charge < -0.3 is 14.5 Å². The normalized spacial score (nSPS) is 10.9. The maximum absolute atomic E-state index is 12.9. The molecule has 1 N–H and O–H groups in total. The lowest BCUT2D eigenvalue weighted by Crippen LogP contribution is -2.11. The highest BCUT2D eigenvalue weighted by Gasteiger charge is 2.17. The minimum atomic E-state index is -0.481. The van der Waals surface area contributed by atoms with E-state index in [1.54, 1.807) is 41.7 Å². The summed E-state index contributed by atoms with van der Waals surface area (Å²) in [6.07, 6.45) is 0. The van der Waals surface area contributed by atoms with Gasteiger partial charge in [-0.25, -0.2) is 4.98 Å². The maximum atomic E-state index is 12.9. The molecule has 8 nitrogen and oxygen atoms in total. The van der Waals surface area contributed by atoms with Crippen LogP contribution in [0.5, 0.6) is 5.75 Å². The third kappa shape index (κ3) is 4.12. The van der Waals surface area contributed by atoms with Crippen LogP contribution in [-0.2, 0) is 0 Å². The molecule has 0 saturated heterocycles. The second kappa shape index (κ2) is 8.80. The molecule has 0 spiro atoms. The molecule has 0 unspecified atom stereocenters. The van der Waals surface area contributed by atoms with Gasteiger partial charge in [0.2, 0.25) is 0 Å². The number of hydrogen-bond donors (Lipinski definition) is 1. The van der Waals surface area contributed by atoms with Crippen LogP contribution in [0.3, 0.4) is 0 Å². The Kier molecular flexibility index (Phi) is 5.52. The van der Waals surface area contributed by atoms with Crippen LogP contribution in [-0.4, -0.2) is 22.9 Å². The number of anilines is 1. The van der Waals surface area contributed by atoms with E-state index in [0.29, 0.717) is 22.8 Å². The molecular weight excluding hydrogens is 454 g/mol. The fourth-order valence-electron chi connectivity index (χ4n) is 3.51. The number of hydrogen-bond acceptors (Lipinski definition) is 7. The molecule has 1 amide bonds. The van der Waals surface area contributed by atoms with E-state index >= 15 is 0 Å². The molecule has 168 valence electrons. The van der Waals surface area contributed by atoms with Crippen LogP contribution in [0.2, 0.25) is 0 Å². The van der Waals surface area contributed by atoms with E-state index in [4.69, 9.17) is 9.15 Å². The molecule has 2 aromatic heterocycles. The van der Waals surface area contributed by atoms with Crippen LogP contribution in [0.4, 0.5) is 11.4 Å². The largest absolute Gasteiger partial charge is 0.495 e. The number of benzene rings is 3. The number of para-hydroxylation sites is 1. The average Bonchev–Trinajstić information content (AvgIpc) is 3.52. The summed E-state index contributed by atoms with van der Waals surface area (Å²) in [7, 11) is 1.52. The van der Waals surface area contributed by atoms with Gasteiger partial charge in [0.15, 0.2) is 5.76 Å². The Morgan fingerprint density at radius 3 is 2.68 bits per heavy atom. The average molecular weight is 471 g/mol. The molecule has 3 aromatic carbocycles. The summed E-state index contributed by atoms with van der Waals surface area (Å²) in [5.74, 6) is 0.429. The van der Waals surface area contributed by atoms with Crippen molar-refractivity contribution < 1.29 is 18.9 Å². The molecule has 5 rings (SSSR count). The Labute approximate surface area is 197 Å². The van der Waals surface area contributed by atoms with Crippen molar-refractivity contribution in [2.24, 2.45) is 0 Å². The predicted octanol–water partition coefficient (Wildman–Crippen LogP) is 6.39. The van der Waals surface area contributed by atoms with E-state index in [2.05, 4.69) is 10.3 Å². The number of rotatable bonds is 6. The van der Waals surface area contributed by atoms with E-state index in [1.807, 2.05) is 30.3 Å². The standard InChI is InChI=1S/C25H17N3O5S/c1-32-21-10-9-16(25-27-18-7-2-3-8-23(18)34-25)14-19(21)26-24(29)22-12-11-20(33-22)15-5-4-6-17(13-15)28(30)31/h2-14H,1H3,(H,26,29). The first-order chi connectivity index (χ1) is 16.5. The van der Waals surface area contributed by atoms with Crippen LogP contribution in [0, 0.1) is 10.1 Å². The lowest BCUT2D eigenvalue weighted by molar-refractivity contribution is -0.384. The molecule has 9 heteroatoms. The van der Waals surface area contributed by atoms with E-state index in [1.165, 1.54) is 25.3 Å². The number of methoxy groups -OCH3 is 1. The third-order valence-corrected chi connectivity index (χ3v) is 6.25. The Morgan fingerprint density at radius 2 is 1.88 bits per heavy atom. The number of thiazole rings is 1. The fraction of sp³-hybridized carbons (Fsp3) is 0.0400. The molecule has 0 fully saturated rings. The summed E-state index contributed by atoms with van der Waals surface area (Å²) in [5.41, 5.74) is 2.67. The highest BCUT2D eigenvalue weighted by molar-refractivity contribution is 7.21. The first-order valence-electron chi connectivity index (χ1n) is 10.2. The van der Waals surface area contributed by atoms with Crippen LogP contribution >= 0.6 is 11.3 Å². The zero-order valence-corrected chi connectivity index (χ0v) is 18.7. The number of aromatic nitrogens is 1. The van der Waals surface area contributed by atoms with Crippen molar-refractivity contribution in [1.82, 2.24) is 4.98 Å². The number of fused-ring (bicyclic) bond motifs is 1. The van der Waals surface area contributed by atoms with Gasteiger partial charge in [-0.15, -0.1) is 11.3 Å². The van der Waals surface area contributed by atoms with Gasteiger partial charge in [-0.2, -0.15) is 0 Å². The minimum Gasteiger partial charge on any atom is -0.495 e. The molecule has 0 aliphatic carbocycles. The molecule has 0 bridgehead atoms. The molecular formula is C25H17N3O5S. The lowest BCUT2D eigenvalue weighted by atomic mass is 10.1. The van der Waals surface area contributed by atoms with Crippen molar-refractivity contribution >= 4 is 38.8 Å². The summed E-state index contributed by atoms with van der Waals surface area (Å²) in [6.45, 7) is 0. The SMILES string of the molecule is COc1ccc(-c2nc3ccccc3s2)cc1NC(=O)c1ccc(-c2cccc([N+](=O)[O-])c2)o1. The number of non-ortho nitro benzene ring substituents is 1. The minimum absolute atomic E-state index is 0.0590. The van der Waals surface area contributed by atoms with E-state index in [9.17, 15) is 14.9 Å². The summed E-state index contributed by atoms with van der Waals surface area (Å²) < 4.78 is 12.2. The zero-order chi connectivity index (χ0) is 23.7. The van der Waals surface area contributed by atoms with E-state index in [0.717, 1.165) is 20.8 Å². The van der Waals surface area contributed by atoms with Gasteiger partial charge >= 0.3 is 0 Å². The first-order valence-corrected chi connectivity index (χ1v) is 11.0. The van der Waals surface area contributed by atoms with Gasteiger partial charge in [-0.05, 0) is 42.5 Å². The molecule has 0 aliphatic rings. The van der Waals surface area contributed by atoms with Crippen LogP contribution in [0.15, 0.2) is 83.3 Å². The molecule has 0 atom stereocenters. The fourth-order valence-corrected chi connectivity index (χ4v) is 4.47. The highest BCUT2D eigenvalue weighted by atomic mass is 32.1. The van der Waals surface area contributed by atoms with Gasteiger partial charge in [0, 0.05) is 23.3 Å². The topological polar surface area (TPSA) is 108 Å². The zero-order valence-electron chi connectivity index (χ0n) is 17.8. The number of nitrogens with zero attached hydrogens (tertiary/aromatic N) is 2. The molecule has 34 heavy (non-hydrogen) atoms. The van der Waals surface area contributed by atoms with Crippen molar-refractivity contribution in [3.63, 3.8) is 0 Å². The summed E-state index contributed by atoms with van der Waals surface area (Å²) >= 11 is 1.56. The van der Waals surface area contributed by atoms with Gasteiger partial charge in [0.25, 0.3) is 11.6 Å². The molecule has 0 aliphatic heterocycles. The van der Waals surface area contributed by atoms with Crippen molar-refractivity contribution in [1.29, 1.82) is 0 Å². The van der Waals surface area contributed by atoms with Crippen LogP contribution in [0.1, 0.15) is 10.6 Å². The Bertz CT molecular complexity index is 1510. The highest BCUT2D eigenvalue weighted by Crippen LogP contribution is 2.35. The number of nitro benzene ring substituents is 1. The van der Waals surface area contributed by atoms with Gasteiger partial charge in [-0.3, -0.25) is 14.9 Å². The molecule has 0 radical (unpaired) electrons. The second-order valence-corrected chi connectivity index (χ2v) is 8.36. The number of nitrogens with one attached hydrogen (secondary N) is 1. The monoisotopic (exact) mass is 471 g/mol. The van der Waals surface area contributed by atoms with E-state index < -0.39 is 10.8 Å². The molecule has 5 aromatic rings. The number of carbonyl (C=O) groups excluding carboxylic acids is 1. The third-order valence-electron chi connectivity index (χ3n) is 5.16. The number of ether oxygens (including phenoxy) is 1. The maximum Gasteiger partial charge on any atom is 0.291 e. The Hall–Kier alpha value is -4.50. The molecule has 2 heterocycles. The summed E-state index contributed by atoms with van der Waals surface area (Å²) in [5, 5.41) is 14.7. The van der Waals surface area contributed by atoms with Gasteiger partial charge in [0.1, 0.15) is 16.5 Å². The van der Waals surface area contributed by atoms with E-state index in [-0.39, 0.29) is 11.4 Å². The second-order valence-electron chi connectivity index (χ2n) is 7.33.